The van der Waals surface area contributed by atoms with Gasteiger partial charge in [0.05, 0.1) is 24.2 Å². The Kier molecular flexibility index (Phi) is 3.06. The molecule has 0 amide bonds. The van der Waals surface area contributed by atoms with Gasteiger partial charge in [0.1, 0.15) is 5.76 Å². The zero-order valence-corrected chi connectivity index (χ0v) is 10.7. The number of anilines is 1. The minimum absolute atomic E-state index is 0.664. The Balaban J connectivity index is 1.84. The second-order valence-electron chi connectivity index (χ2n) is 4.35. The highest BCUT2D eigenvalue weighted by Gasteiger charge is 2.06. The molecule has 19 heavy (non-hydrogen) atoms. The molecule has 0 aliphatic carbocycles. The van der Waals surface area contributed by atoms with Gasteiger partial charge in [-0.2, -0.15) is 5.10 Å². The van der Waals surface area contributed by atoms with Crippen LogP contribution >= 0.6 is 0 Å². The van der Waals surface area contributed by atoms with Crippen molar-refractivity contribution >= 4 is 5.69 Å². The summed E-state index contributed by atoms with van der Waals surface area (Å²) in [7, 11) is 0. The fraction of sp³-hybridized carbons (Fsp3) is 0.133. The van der Waals surface area contributed by atoms with E-state index in [0.29, 0.717) is 6.54 Å². The van der Waals surface area contributed by atoms with Crippen molar-refractivity contribution in [1.29, 1.82) is 0 Å². The van der Waals surface area contributed by atoms with Gasteiger partial charge in [0.15, 0.2) is 0 Å². The van der Waals surface area contributed by atoms with Crippen LogP contribution in [0.4, 0.5) is 5.69 Å². The van der Waals surface area contributed by atoms with E-state index in [1.165, 1.54) is 0 Å². The molecule has 3 rings (SSSR count). The molecule has 0 saturated carbocycles. The molecule has 4 nitrogen and oxygen atoms in total. The summed E-state index contributed by atoms with van der Waals surface area (Å²) >= 11 is 0. The lowest BCUT2D eigenvalue weighted by Gasteiger charge is -2.11. The molecule has 0 aliphatic heterocycles. The van der Waals surface area contributed by atoms with Gasteiger partial charge in [0.25, 0.3) is 0 Å². The van der Waals surface area contributed by atoms with Crippen LogP contribution in [0, 0.1) is 6.92 Å². The highest BCUT2D eigenvalue weighted by atomic mass is 16.3. The van der Waals surface area contributed by atoms with Crippen LogP contribution in [0.15, 0.2) is 59.5 Å². The molecule has 96 valence electrons. The second-order valence-corrected chi connectivity index (χ2v) is 4.35. The zero-order chi connectivity index (χ0) is 13.1. The largest absolute Gasteiger partial charge is 0.467 e. The number of benzene rings is 1. The fourth-order valence-electron chi connectivity index (χ4n) is 1.99. The third-order valence-corrected chi connectivity index (χ3v) is 3.06. The number of rotatable bonds is 4. The van der Waals surface area contributed by atoms with E-state index in [0.717, 1.165) is 22.7 Å². The average molecular weight is 253 g/mol. The van der Waals surface area contributed by atoms with Crippen molar-refractivity contribution in [3.05, 3.63) is 66.4 Å². The van der Waals surface area contributed by atoms with Crippen LogP contribution in [0.5, 0.6) is 0 Å². The lowest BCUT2D eigenvalue weighted by molar-refractivity contribution is 0.515. The maximum Gasteiger partial charge on any atom is 0.125 e. The van der Waals surface area contributed by atoms with Gasteiger partial charge in [-0.3, -0.25) is 0 Å². The SMILES string of the molecule is Cc1ccoc1CNc1ccccc1-n1cccn1. The molecule has 0 unspecified atom stereocenters. The number of hydrogen-bond donors (Lipinski definition) is 1. The fourth-order valence-corrected chi connectivity index (χ4v) is 1.99. The first-order valence-electron chi connectivity index (χ1n) is 6.20. The molecule has 3 aromatic rings. The van der Waals surface area contributed by atoms with E-state index in [-0.39, 0.29) is 0 Å². The summed E-state index contributed by atoms with van der Waals surface area (Å²) in [6.07, 6.45) is 5.41. The van der Waals surface area contributed by atoms with Crippen molar-refractivity contribution < 1.29 is 4.42 Å². The minimum Gasteiger partial charge on any atom is -0.467 e. The van der Waals surface area contributed by atoms with E-state index < -0.39 is 0 Å². The molecule has 0 aliphatic rings. The monoisotopic (exact) mass is 253 g/mol. The maximum absolute atomic E-state index is 5.43. The lowest BCUT2D eigenvalue weighted by atomic mass is 10.2. The Morgan fingerprint density at radius 1 is 1.21 bits per heavy atom. The summed E-state index contributed by atoms with van der Waals surface area (Å²) in [6.45, 7) is 2.71. The van der Waals surface area contributed by atoms with Crippen molar-refractivity contribution in [2.45, 2.75) is 13.5 Å². The van der Waals surface area contributed by atoms with Crippen LogP contribution in [0.25, 0.3) is 5.69 Å². The van der Waals surface area contributed by atoms with Gasteiger partial charge in [-0.1, -0.05) is 12.1 Å². The Hall–Kier alpha value is -2.49. The number of hydrogen-bond acceptors (Lipinski definition) is 3. The molecule has 2 heterocycles. The smallest absolute Gasteiger partial charge is 0.125 e. The van der Waals surface area contributed by atoms with E-state index in [4.69, 9.17) is 4.42 Å². The quantitative estimate of drug-likeness (QED) is 0.775. The van der Waals surface area contributed by atoms with Gasteiger partial charge in [-0.05, 0) is 36.8 Å². The van der Waals surface area contributed by atoms with Crippen LogP contribution in [-0.2, 0) is 6.54 Å². The third-order valence-electron chi connectivity index (χ3n) is 3.06. The number of aryl methyl sites for hydroxylation is 1. The minimum atomic E-state index is 0.664. The van der Waals surface area contributed by atoms with Crippen LogP contribution in [0.2, 0.25) is 0 Å². The topological polar surface area (TPSA) is 43.0 Å². The van der Waals surface area contributed by atoms with Crippen molar-refractivity contribution in [1.82, 2.24) is 9.78 Å². The lowest BCUT2D eigenvalue weighted by Crippen LogP contribution is -2.04. The van der Waals surface area contributed by atoms with Crippen LogP contribution < -0.4 is 5.32 Å². The molecule has 4 heteroatoms. The molecule has 0 bridgehead atoms. The third kappa shape index (κ3) is 2.38. The summed E-state index contributed by atoms with van der Waals surface area (Å²) in [5.74, 6) is 0.954. The predicted octanol–water partition coefficient (Wildman–Crippen LogP) is 3.39. The predicted molar refractivity (Wildman–Crippen MR) is 74.3 cm³/mol. The van der Waals surface area contributed by atoms with Crippen LogP contribution in [0.3, 0.4) is 0 Å². The van der Waals surface area contributed by atoms with Gasteiger partial charge >= 0.3 is 0 Å². The normalized spacial score (nSPS) is 10.6. The van der Waals surface area contributed by atoms with Crippen molar-refractivity contribution in [3.8, 4) is 5.69 Å². The van der Waals surface area contributed by atoms with Gasteiger partial charge in [-0.15, -0.1) is 0 Å². The van der Waals surface area contributed by atoms with E-state index in [1.54, 1.807) is 12.5 Å². The first-order chi connectivity index (χ1) is 9.34. The van der Waals surface area contributed by atoms with E-state index in [2.05, 4.69) is 10.4 Å². The Morgan fingerprint density at radius 2 is 2.11 bits per heavy atom. The molecule has 0 spiro atoms. The first kappa shape index (κ1) is 11.6. The molecule has 1 aromatic carbocycles. The van der Waals surface area contributed by atoms with Crippen molar-refractivity contribution in [2.24, 2.45) is 0 Å². The standard InChI is InChI=1S/C15H15N3O/c1-12-7-10-19-15(12)11-16-13-5-2-3-6-14(13)18-9-4-8-17-18/h2-10,16H,11H2,1H3. The highest BCUT2D eigenvalue weighted by molar-refractivity contribution is 5.60. The number of para-hydroxylation sites is 2. The Labute approximate surface area is 111 Å². The van der Waals surface area contributed by atoms with Crippen molar-refractivity contribution in [2.75, 3.05) is 5.32 Å². The van der Waals surface area contributed by atoms with Gasteiger partial charge in [-0.25, -0.2) is 4.68 Å². The first-order valence-corrected chi connectivity index (χ1v) is 6.20. The molecule has 0 atom stereocenters. The zero-order valence-electron chi connectivity index (χ0n) is 10.7. The van der Waals surface area contributed by atoms with Gasteiger partial charge in [0, 0.05) is 12.4 Å². The molecular weight excluding hydrogens is 238 g/mol. The second kappa shape index (κ2) is 5.02. The van der Waals surface area contributed by atoms with E-state index in [9.17, 15) is 0 Å². The molecule has 2 aromatic heterocycles. The molecule has 1 N–H and O–H groups in total. The Morgan fingerprint density at radius 3 is 2.84 bits per heavy atom. The summed E-state index contributed by atoms with van der Waals surface area (Å²) in [6, 6.07) is 12.0. The van der Waals surface area contributed by atoms with Gasteiger partial charge in [0.2, 0.25) is 0 Å². The number of furan rings is 1. The average Bonchev–Trinajstić information content (AvgIpc) is 3.08. The van der Waals surface area contributed by atoms with E-state index >= 15 is 0 Å². The molecule has 0 saturated heterocycles. The molecular formula is C15H15N3O. The highest BCUT2D eigenvalue weighted by Crippen LogP contribution is 2.20. The van der Waals surface area contributed by atoms with Crippen LogP contribution in [-0.4, -0.2) is 9.78 Å². The molecule has 0 fully saturated rings. The van der Waals surface area contributed by atoms with Crippen LogP contribution in [0.1, 0.15) is 11.3 Å². The number of aromatic nitrogens is 2. The summed E-state index contributed by atoms with van der Waals surface area (Å²) in [5.41, 5.74) is 3.21. The maximum atomic E-state index is 5.43. The Bertz CT molecular complexity index is 656. The van der Waals surface area contributed by atoms with Gasteiger partial charge < -0.3 is 9.73 Å². The number of nitrogens with zero attached hydrogens (tertiary/aromatic N) is 2. The van der Waals surface area contributed by atoms with E-state index in [1.807, 2.05) is 54.2 Å². The summed E-state index contributed by atoms with van der Waals surface area (Å²) in [5, 5.41) is 7.65. The summed E-state index contributed by atoms with van der Waals surface area (Å²) < 4.78 is 7.28. The van der Waals surface area contributed by atoms with Crippen molar-refractivity contribution in [3.63, 3.8) is 0 Å². The number of nitrogens with one attached hydrogen (secondary N) is 1. The molecule has 0 radical (unpaired) electrons. The summed E-state index contributed by atoms with van der Waals surface area (Å²) in [4.78, 5) is 0.